The first kappa shape index (κ1) is 13.0. The fourth-order valence-corrected chi connectivity index (χ4v) is 3.52. The van der Waals surface area contributed by atoms with Gasteiger partial charge >= 0.3 is 0 Å². The van der Waals surface area contributed by atoms with E-state index in [0.717, 1.165) is 26.7 Å². The van der Waals surface area contributed by atoms with Crippen molar-refractivity contribution in [1.82, 2.24) is 0 Å². The van der Waals surface area contributed by atoms with E-state index in [1.807, 2.05) is 53.4 Å². The molecule has 3 rings (SSSR count). The van der Waals surface area contributed by atoms with Gasteiger partial charge in [-0.3, -0.25) is 9.69 Å². The van der Waals surface area contributed by atoms with Crippen molar-refractivity contribution < 1.29 is 4.79 Å². The number of carbonyl (C=O) groups excluding carboxylic acids is 1. The van der Waals surface area contributed by atoms with Crippen molar-refractivity contribution >= 4 is 29.1 Å². The normalized spacial score (nSPS) is 14.2. The highest BCUT2D eigenvalue weighted by molar-refractivity contribution is 8.03. The zero-order chi connectivity index (χ0) is 14.1. The summed E-state index contributed by atoms with van der Waals surface area (Å²) in [5.74, 6) is 0.0379. The maximum absolute atomic E-state index is 12.2. The fraction of sp³-hybridized carbons (Fsp3) is 0.118. The maximum atomic E-state index is 12.2. The van der Waals surface area contributed by atoms with E-state index in [1.54, 1.807) is 18.7 Å². The minimum atomic E-state index is 0.0379. The van der Waals surface area contributed by atoms with E-state index < -0.39 is 0 Å². The molecular weight excluding hydrogens is 266 g/mol. The second kappa shape index (κ2) is 5.17. The van der Waals surface area contributed by atoms with Gasteiger partial charge in [-0.1, -0.05) is 54.2 Å². The highest BCUT2D eigenvalue weighted by atomic mass is 32.2. The summed E-state index contributed by atoms with van der Waals surface area (Å²) in [5, 5.41) is 0. The Morgan fingerprint density at radius 1 is 1.00 bits per heavy atom. The maximum Gasteiger partial charge on any atom is 0.228 e. The van der Waals surface area contributed by atoms with Crippen LogP contribution in [0.25, 0.3) is 5.70 Å². The number of carbonyl (C=O) groups is 1. The second-order valence-corrected chi connectivity index (χ2v) is 5.95. The van der Waals surface area contributed by atoms with E-state index in [4.69, 9.17) is 0 Å². The molecule has 2 aromatic rings. The van der Waals surface area contributed by atoms with Gasteiger partial charge in [0.1, 0.15) is 0 Å². The minimum Gasteiger partial charge on any atom is -0.279 e. The van der Waals surface area contributed by atoms with Crippen LogP contribution in [-0.4, -0.2) is 5.91 Å². The topological polar surface area (TPSA) is 20.3 Å². The first-order valence-electron chi connectivity index (χ1n) is 6.52. The van der Waals surface area contributed by atoms with Gasteiger partial charge < -0.3 is 0 Å². The van der Waals surface area contributed by atoms with Crippen molar-refractivity contribution in [3.63, 3.8) is 0 Å². The third kappa shape index (κ3) is 2.14. The molecule has 0 aromatic heterocycles. The number of anilines is 1. The van der Waals surface area contributed by atoms with Crippen LogP contribution < -0.4 is 4.90 Å². The predicted molar refractivity (Wildman–Crippen MR) is 84.5 cm³/mol. The molecule has 1 heterocycles. The molecule has 1 aliphatic heterocycles. The van der Waals surface area contributed by atoms with Crippen molar-refractivity contribution in [3.05, 3.63) is 65.1 Å². The number of nitrogens with zero attached hydrogens (tertiary/aromatic N) is 1. The largest absolute Gasteiger partial charge is 0.279 e. The molecule has 0 N–H and O–H groups in total. The van der Waals surface area contributed by atoms with E-state index in [2.05, 4.69) is 13.0 Å². The summed E-state index contributed by atoms with van der Waals surface area (Å²) in [6.07, 6.45) is 0. The first-order chi connectivity index (χ1) is 9.68. The summed E-state index contributed by atoms with van der Waals surface area (Å²) in [7, 11) is 0. The summed E-state index contributed by atoms with van der Waals surface area (Å²) < 4.78 is 0. The standard InChI is InChI=1S/C17H15NOS/c1-12-17(14-8-4-3-5-9-14)18(13(2)19)15-10-6-7-11-16(15)20-12/h3-11H,1-2H3. The van der Waals surface area contributed by atoms with E-state index in [9.17, 15) is 4.79 Å². The number of para-hydroxylation sites is 1. The van der Waals surface area contributed by atoms with Gasteiger partial charge in [0.05, 0.1) is 11.4 Å². The van der Waals surface area contributed by atoms with Crippen LogP contribution in [0.15, 0.2) is 64.4 Å². The van der Waals surface area contributed by atoms with E-state index >= 15 is 0 Å². The molecule has 0 saturated heterocycles. The van der Waals surface area contributed by atoms with Crippen LogP contribution >= 0.6 is 11.8 Å². The van der Waals surface area contributed by atoms with Gasteiger partial charge in [0.25, 0.3) is 0 Å². The summed E-state index contributed by atoms with van der Waals surface area (Å²) >= 11 is 1.72. The van der Waals surface area contributed by atoms with Gasteiger partial charge in [-0.15, -0.1) is 0 Å². The van der Waals surface area contributed by atoms with Crippen LogP contribution in [0, 0.1) is 0 Å². The Morgan fingerprint density at radius 2 is 1.65 bits per heavy atom. The molecule has 20 heavy (non-hydrogen) atoms. The molecule has 2 nitrogen and oxygen atoms in total. The molecule has 0 bridgehead atoms. The van der Waals surface area contributed by atoms with Crippen LogP contribution in [0.2, 0.25) is 0 Å². The Morgan fingerprint density at radius 3 is 2.35 bits per heavy atom. The highest BCUT2D eigenvalue weighted by Gasteiger charge is 2.27. The highest BCUT2D eigenvalue weighted by Crippen LogP contribution is 2.46. The van der Waals surface area contributed by atoms with Crippen molar-refractivity contribution in [1.29, 1.82) is 0 Å². The second-order valence-electron chi connectivity index (χ2n) is 4.70. The third-order valence-electron chi connectivity index (χ3n) is 3.29. The van der Waals surface area contributed by atoms with Gasteiger partial charge in [-0.25, -0.2) is 0 Å². The van der Waals surface area contributed by atoms with Crippen LogP contribution in [0.4, 0.5) is 5.69 Å². The first-order valence-corrected chi connectivity index (χ1v) is 7.34. The zero-order valence-corrected chi connectivity index (χ0v) is 12.3. The summed E-state index contributed by atoms with van der Waals surface area (Å²) in [4.78, 5) is 16.3. The lowest BCUT2D eigenvalue weighted by atomic mass is 10.1. The Hall–Kier alpha value is -2.00. The monoisotopic (exact) mass is 281 g/mol. The molecule has 0 aliphatic carbocycles. The van der Waals surface area contributed by atoms with Crippen molar-refractivity contribution in [3.8, 4) is 0 Å². The van der Waals surface area contributed by atoms with Gasteiger partial charge in [0.2, 0.25) is 5.91 Å². The molecular formula is C17H15NOS. The molecule has 3 heteroatoms. The molecule has 100 valence electrons. The summed E-state index contributed by atoms with van der Waals surface area (Å²) in [6.45, 7) is 3.68. The van der Waals surface area contributed by atoms with Crippen LogP contribution in [0.3, 0.4) is 0 Å². The lowest BCUT2D eigenvalue weighted by Gasteiger charge is -2.32. The molecule has 0 saturated carbocycles. The number of thioether (sulfide) groups is 1. The summed E-state index contributed by atoms with van der Waals surface area (Å²) in [6, 6.07) is 18.1. The number of amides is 1. The van der Waals surface area contributed by atoms with Gasteiger partial charge in [0.15, 0.2) is 0 Å². The fourth-order valence-electron chi connectivity index (χ4n) is 2.47. The number of hydrogen-bond acceptors (Lipinski definition) is 2. The molecule has 0 fully saturated rings. The molecule has 0 spiro atoms. The molecule has 0 atom stereocenters. The zero-order valence-electron chi connectivity index (χ0n) is 11.5. The lowest BCUT2D eigenvalue weighted by molar-refractivity contribution is -0.115. The lowest BCUT2D eigenvalue weighted by Crippen LogP contribution is -2.29. The van der Waals surface area contributed by atoms with Crippen molar-refractivity contribution in [2.24, 2.45) is 0 Å². The average Bonchev–Trinajstić information content (AvgIpc) is 2.46. The van der Waals surface area contributed by atoms with Crippen LogP contribution in [0.1, 0.15) is 19.4 Å². The number of rotatable bonds is 1. The molecule has 0 unspecified atom stereocenters. The Labute approximate surface area is 123 Å². The predicted octanol–water partition coefficient (Wildman–Crippen LogP) is 4.53. The average molecular weight is 281 g/mol. The van der Waals surface area contributed by atoms with Crippen molar-refractivity contribution in [2.75, 3.05) is 4.90 Å². The molecule has 1 amide bonds. The minimum absolute atomic E-state index is 0.0379. The smallest absolute Gasteiger partial charge is 0.228 e. The van der Waals surface area contributed by atoms with Gasteiger partial charge in [0, 0.05) is 16.7 Å². The summed E-state index contributed by atoms with van der Waals surface area (Å²) in [5.41, 5.74) is 3.03. The van der Waals surface area contributed by atoms with E-state index in [-0.39, 0.29) is 5.91 Å². The Bertz CT molecular complexity index is 691. The Kier molecular flexibility index (Phi) is 3.36. The molecule has 1 aliphatic rings. The SMILES string of the molecule is CC(=O)N1C(c2ccccc2)=C(C)Sc2ccccc21. The molecule has 0 radical (unpaired) electrons. The van der Waals surface area contributed by atoms with Crippen molar-refractivity contribution in [2.45, 2.75) is 18.7 Å². The number of benzene rings is 2. The van der Waals surface area contributed by atoms with E-state index in [0.29, 0.717) is 0 Å². The Balaban J connectivity index is 2.20. The molecule has 2 aromatic carbocycles. The van der Waals surface area contributed by atoms with Gasteiger partial charge in [-0.2, -0.15) is 0 Å². The van der Waals surface area contributed by atoms with Crippen LogP contribution in [-0.2, 0) is 4.79 Å². The quantitative estimate of drug-likeness (QED) is 0.765. The third-order valence-corrected chi connectivity index (χ3v) is 4.35. The number of fused-ring (bicyclic) bond motifs is 1. The number of hydrogen-bond donors (Lipinski definition) is 0. The van der Waals surface area contributed by atoms with Crippen LogP contribution in [0.5, 0.6) is 0 Å². The van der Waals surface area contributed by atoms with Gasteiger partial charge in [-0.05, 0) is 24.6 Å². The number of allylic oxidation sites excluding steroid dienone is 1. The van der Waals surface area contributed by atoms with E-state index in [1.165, 1.54) is 0 Å².